The number of benzene rings is 2. The van der Waals surface area contributed by atoms with E-state index in [1.807, 2.05) is 6.07 Å². The standard InChI is InChI=1S/C30H48O3S.K/c1-3-5-7-9-11-13-15-17-19-26-23-27(20-18-16-14-12-10-8-6-4-2)30-22-21-29(34(31,32)33)25-28(30)24-26;/h21-25H,3-20H2,1-2H3,(H,31,32,33);/q;+1/p-1. The predicted molar refractivity (Wildman–Crippen MR) is 145 cm³/mol. The van der Waals surface area contributed by atoms with Crippen LogP contribution < -0.4 is 51.4 Å². The predicted octanol–water partition coefficient (Wildman–Crippen LogP) is 6.11. The van der Waals surface area contributed by atoms with Gasteiger partial charge in [0, 0.05) is 0 Å². The monoisotopic (exact) mass is 526 g/mol. The van der Waals surface area contributed by atoms with Gasteiger partial charge < -0.3 is 4.55 Å². The van der Waals surface area contributed by atoms with Gasteiger partial charge >= 0.3 is 51.4 Å². The zero-order valence-electron chi connectivity index (χ0n) is 22.7. The summed E-state index contributed by atoms with van der Waals surface area (Å²) >= 11 is 0. The third kappa shape index (κ3) is 13.6. The van der Waals surface area contributed by atoms with Crippen LogP contribution in [0.15, 0.2) is 35.2 Å². The fourth-order valence-corrected chi connectivity index (χ4v) is 5.42. The SMILES string of the molecule is CCCCCCCCCCc1cc(CCCCCCCCCC)c2ccc(S(=O)(=O)[O-])cc2c1.[K+]. The number of aryl methyl sites for hydroxylation is 2. The Labute approximate surface area is 258 Å². The van der Waals surface area contributed by atoms with Crippen molar-refractivity contribution in [1.29, 1.82) is 0 Å². The second kappa shape index (κ2) is 19.3. The Hall–Kier alpha value is 0.246. The molecule has 0 fully saturated rings. The van der Waals surface area contributed by atoms with Gasteiger partial charge in [-0.2, -0.15) is 0 Å². The molecule has 0 unspecified atom stereocenters. The Bertz CT molecular complexity index is 940. The summed E-state index contributed by atoms with van der Waals surface area (Å²) in [6, 6.07) is 9.31. The Kier molecular flexibility index (Phi) is 18.4. The van der Waals surface area contributed by atoms with Crippen LogP contribution in [-0.2, 0) is 23.0 Å². The molecule has 0 aliphatic carbocycles. The smallest absolute Gasteiger partial charge is 0.744 e. The normalized spacial score (nSPS) is 11.6. The van der Waals surface area contributed by atoms with Crippen molar-refractivity contribution in [1.82, 2.24) is 0 Å². The van der Waals surface area contributed by atoms with E-state index in [0.29, 0.717) is 0 Å². The summed E-state index contributed by atoms with van der Waals surface area (Å²) in [5.41, 5.74) is 2.57. The largest absolute Gasteiger partial charge is 1.00 e. The van der Waals surface area contributed by atoms with Crippen LogP contribution >= 0.6 is 0 Å². The topological polar surface area (TPSA) is 57.2 Å². The Morgan fingerprint density at radius 3 is 1.63 bits per heavy atom. The maximum absolute atomic E-state index is 11.6. The molecule has 2 rings (SSSR count). The first-order valence-corrected chi connectivity index (χ1v) is 15.4. The maximum atomic E-state index is 11.6. The van der Waals surface area contributed by atoms with Crippen LogP contribution in [0.1, 0.15) is 128 Å². The first-order valence-electron chi connectivity index (χ1n) is 14.0. The first kappa shape index (κ1) is 33.3. The molecule has 0 aromatic heterocycles. The first-order chi connectivity index (χ1) is 16.5. The number of fused-ring (bicyclic) bond motifs is 1. The van der Waals surface area contributed by atoms with E-state index in [1.165, 1.54) is 107 Å². The second-order valence-corrected chi connectivity index (χ2v) is 11.4. The molecule has 0 aliphatic heterocycles. The van der Waals surface area contributed by atoms with Crippen LogP contribution in [0.5, 0.6) is 0 Å². The fraction of sp³-hybridized carbons (Fsp3) is 0.667. The van der Waals surface area contributed by atoms with E-state index < -0.39 is 10.1 Å². The quantitative estimate of drug-likeness (QED) is 0.126. The van der Waals surface area contributed by atoms with Gasteiger partial charge in [-0.05, 0) is 59.7 Å². The van der Waals surface area contributed by atoms with E-state index >= 15 is 0 Å². The molecule has 3 nitrogen and oxygen atoms in total. The number of hydrogen-bond donors (Lipinski definition) is 0. The zero-order valence-corrected chi connectivity index (χ0v) is 26.7. The third-order valence-electron chi connectivity index (χ3n) is 6.98. The van der Waals surface area contributed by atoms with E-state index in [4.69, 9.17) is 0 Å². The minimum atomic E-state index is -4.44. The van der Waals surface area contributed by atoms with Crippen molar-refractivity contribution in [2.24, 2.45) is 0 Å². The average molecular weight is 527 g/mol. The number of unbranched alkanes of at least 4 members (excludes halogenated alkanes) is 14. The van der Waals surface area contributed by atoms with Gasteiger partial charge in [0.1, 0.15) is 10.1 Å². The fourth-order valence-electron chi connectivity index (χ4n) is 4.91. The van der Waals surface area contributed by atoms with Crippen molar-refractivity contribution < 1.29 is 64.4 Å². The molecule has 0 saturated carbocycles. The Morgan fingerprint density at radius 2 is 1.11 bits per heavy atom. The minimum absolute atomic E-state index is 0. The molecule has 0 spiro atoms. The summed E-state index contributed by atoms with van der Waals surface area (Å²) in [7, 11) is -4.44. The van der Waals surface area contributed by atoms with Crippen molar-refractivity contribution in [3.8, 4) is 0 Å². The van der Waals surface area contributed by atoms with E-state index in [2.05, 4.69) is 26.0 Å². The van der Waals surface area contributed by atoms with Gasteiger partial charge in [0.05, 0.1) is 4.90 Å². The van der Waals surface area contributed by atoms with Crippen LogP contribution in [0.2, 0.25) is 0 Å². The molecule has 0 saturated heterocycles. The van der Waals surface area contributed by atoms with Gasteiger partial charge in [-0.3, -0.25) is 0 Å². The van der Waals surface area contributed by atoms with Crippen molar-refractivity contribution in [3.05, 3.63) is 41.5 Å². The molecule has 2 aromatic rings. The molecule has 0 bridgehead atoms. The van der Waals surface area contributed by atoms with Crippen molar-refractivity contribution in [2.75, 3.05) is 0 Å². The maximum Gasteiger partial charge on any atom is 1.00 e. The zero-order chi connectivity index (χ0) is 24.7. The molecule has 0 amide bonds. The van der Waals surface area contributed by atoms with Crippen LogP contribution in [0, 0.1) is 0 Å². The van der Waals surface area contributed by atoms with Crippen molar-refractivity contribution >= 4 is 20.9 Å². The van der Waals surface area contributed by atoms with Gasteiger partial charge in [-0.1, -0.05) is 122 Å². The third-order valence-corrected chi connectivity index (χ3v) is 7.81. The Balaban J connectivity index is 0.00000612. The molecule has 2 aromatic carbocycles. The molecule has 0 atom stereocenters. The van der Waals surface area contributed by atoms with Crippen LogP contribution in [0.3, 0.4) is 0 Å². The van der Waals surface area contributed by atoms with E-state index in [0.717, 1.165) is 36.5 Å². The van der Waals surface area contributed by atoms with Crippen molar-refractivity contribution in [2.45, 2.75) is 134 Å². The van der Waals surface area contributed by atoms with Gasteiger partial charge in [0.25, 0.3) is 0 Å². The molecule has 35 heavy (non-hydrogen) atoms. The molecular formula is C30H47KO3S. The molecule has 0 aliphatic rings. The second-order valence-electron chi connectivity index (χ2n) is 10.0. The molecule has 0 radical (unpaired) electrons. The number of hydrogen-bond acceptors (Lipinski definition) is 3. The average Bonchev–Trinajstić information content (AvgIpc) is 2.81. The summed E-state index contributed by atoms with van der Waals surface area (Å²) in [6.45, 7) is 4.50. The summed E-state index contributed by atoms with van der Waals surface area (Å²) in [4.78, 5) is -0.123. The van der Waals surface area contributed by atoms with Crippen molar-refractivity contribution in [3.63, 3.8) is 0 Å². The van der Waals surface area contributed by atoms with E-state index in [1.54, 1.807) is 6.07 Å². The van der Waals surface area contributed by atoms with E-state index in [9.17, 15) is 13.0 Å². The van der Waals surface area contributed by atoms with Crippen LogP contribution in [0.25, 0.3) is 10.8 Å². The molecule has 0 heterocycles. The summed E-state index contributed by atoms with van der Waals surface area (Å²) in [6.07, 6.45) is 22.7. The number of rotatable bonds is 19. The molecular weight excluding hydrogens is 479 g/mol. The Morgan fingerprint density at radius 1 is 0.629 bits per heavy atom. The summed E-state index contributed by atoms with van der Waals surface area (Å²) < 4.78 is 34.7. The van der Waals surface area contributed by atoms with Crippen LogP contribution in [0.4, 0.5) is 0 Å². The van der Waals surface area contributed by atoms with Gasteiger partial charge in [-0.25, -0.2) is 8.42 Å². The van der Waals surface area contributed by atoms with Crippen LogP contribution in [-0.4, -0.2) is 13.0 Å². The minimum Gasteiger partial charge on any atom is -0.744 e. The molecule has 5 heteroatoms. The molecule has 0 N–H and O–H groups in total. The molecule has 192 valence electrons. The summed E-state index contributed by atoms with van der Waals surface area (Å²) in [5, 5.41) is 1.98. The van der Waals surface area contributed by atoms with Gasteiger partial charge in [-0.15, -0.1) is 0 Å². The van der Waals surface area contributed by atoms with Gasteiger partial charge in [0.2, 0.25) is 0 Å². The van der Waals surface area contributed by atoms with Gasteiger partial charge in [0.15, 0.2) is 0 Å². The summed E-state index contributed by atoms with van der Waals surface area (Å²) in [5.74, 6) is 0. The van der Waals surface area contributed by atoms with E-state index in [-0.39, 0.29) is 56.3 Å².